The maximum Gasteiger partial charge on any atom is 0.190 e. The Morgan fingerprint density at radius 1 is 0.952 bits per heavy atom. The van der Waals surface area contributed by atoms with E-state index in [1.807, 2.05) is 30.3 Å². The number of Topliss-reactive ketones (excluding diaryl/α,β-unsaturated/α-hetero) is 1. The van der Waals surface area contributed by atoms with Gasteiger partial charge in [-0.3, -0.25) is 4.79 Å². The van der Waals surface area contributed by atoms with Crippen LogP contribution in [-0.4, -0.2) is 12.0 Å². The molecule has 0 radical (unpaired) electrons. The minimum absolute atomic E-state index is 0.179. The fourth-order valence-electron chi connectivity index (χ4n) is 3.72. The van der Waals surface area contributed by atoms with Gasteiger partial charge in [-0.15, -0.1) is 0 Å². The summed E-state index contributed by atoms with van der Waals surface area (Å²) in [6.07, 6.45) is 2.61. The maximum absolute atomic E-state index is 13.7. The molecule has 4 rings (SSSR count). The Hall–Kier alpha value is -1.96. The van der Waals surface area contributed by atoms with E-state index in [0.717, 1.165) is 46.2 Å². The molecule has 0 aromatic rings. The fourth-order valence-corrected chi connectivity index (χ4v) is 3.72. The number of fused-ring (bicyclic) bond motifs is 4. The van der Waals surface area contributed by atoms with Crippen molar-refractivity contribution >= 4 is 11.4 Å². The minimum atomic E-state index is -0.722. The lowest BCUT2D eigenvalue weighted by Gasteiger charge is -2.15. The van der Waals surface area contributed by atoms with Gasteiger partial charge in [0.1, 0.15) is 6.17 Å². The number of allylic oxidation sites excluding steroid dienone is 2. The van der Waals surface area contributed by atoms with Crippen LogP contribution in [-0.2, 0) is 0 Å². The smallest absolute Gasteiger partial charge is 0.190 e. The molecule has 1 atom stereocenters. The molecule has 2 heteroatoms. The van der Waals surface area contributed by atoms with Crippen molar-refractivity contribution in [1.29, 1.82) is 0 Å². The van der Waals surface area contributed by atoms with Crippen LogP contribution in [0.5, 0.6) is 0 Å². The van der Waals surface area contributed by atoms with E-state index < -0.39 is 6.17 Å². The van der Waals surface area contributed by atoms with Crippen LogP contribution in [0.4, 0.5) is 4.39 Å². The van der Waals surface area contributed by atoms with Gasteiger partial charge in [0.2, 0.25) is 0 Å². The summed E-state index contributed by atoms with van der Waals surface area (Å²) < 4.78 is 13.7. The summed E-state index contributed by atoms with van der Waals surface area (Å²) in [6, 6.07) is 12.1. The van der Waals surface area contributed by atoms with Crippen LogP contribution >= 0.6 is 0 Å². The van der Waals surface area contributed by atoms with E-state index in [2.05, 4.69) is 6.07 Å². The van der Waals surface area contributed by atoms with E-state index in [-0.39, 0.29) is 5.78 Å². The zero-order valence-corrected chi connectivity index (χ0v) is 11.9. The van der Waals surface area contributed by atoms with Crippen LogP contribution in [0.1, 0.15) is 48.0 Å². The summed E-state index contributed by atoms with van der Waals surface area (Å²) in [6.45, 7) is 0. The fraction of sp³-hybridized carbons (Fsp3) is 0.316. The third-order valence-corrected chi connectivity index (χ3v) is 4.75. The number of carbonyl (C=O) groups excluding carboxylic acids is 1. The highest BCUT2D eigenvalue weighted by Gasteiger charge is 2.34. The van der Waals surface area contributed by atoms with Crippen molar-refractivity contribution in [3.63, 3.8) is 0 Å². The van der Waals surface area contributed by atoms with Gasteiger partial charge < -0.3 is 0 Å². The van der Waals surface area contributed by atoms with E-state index in [4.69, 9.17) is 0 Å². The first kappa shape index (κ1) is 12.8. The highest BCUT2D eigenvalue weighted by Crippen LogP contribution is 2.46. The number of halogens is 1. The second-order valence-corrected chi connectivity index (χ2v) is 6.03. The summed E-state index contributed by atoms with van der Waals surface area (Å²) in [7, 11) is 0. The van der Waals surface area contributed by atoms with Gasteiger partial charge >= 0.3 is 0 Å². The zero-order valence-electron chi connectivity index (χ0n) is 11.9. The zero-order chi connectivity index (χ0) is 14.4. The van der Waals surface area contributed by atoms with E-state index in [9.17, 15) is 9.18 Å². The normalized spacial score (nSPS) is 22.0. The first-order valence-corrected chi connectivity index (χ1v) is 7.68. The third-order valence-electron chi connectivity index (χ3n) is 4.75. The largest absolute Gasteiger partial charge is 0.289 e. The van der Waals surface area contributed by atoms with Crippen LogP contribution < -0.4 is 0 Å². The minimum Gasteiger partial charge on any atom is -0.289 e. The van der Waals surface area contributed by atoms with Crippen LogP contribution in [0.3, 0.4) is 0 Å². The van der Waals surface area contributed by atoms with Crippen molar-refractivity contribution in [1.82, 2.24) is 0 Å². The molecular weight excluding hydrogens is 263 g/mol. The molecule has 0 fully saturated rings. The van der Waals surface area contributed by atoms with Gasteiger partial charge in [0, 0.05) is 11.1 Å². The molecule has 0 N–H and O–H groups in total. The standard InChI is InChI=1S/C19H17FO/c20-13-6-4-8-16-15(10-9-13)17-11-12-5-2-1-3-7-14(12)18(17)19(16)21/h1-3,5,7,11,13H,4,6,8-10H2. The summed E-state index contributed by atoms with van der Waals surface area (Å²) in [5, 5.41) is 0. The second kappa shape index (κ2) is 4.80. The molecule has 4 aliphatic rings. The Morgan fingerprint density at radius 2 is 1.81 bits per heavy atom. The molecule has 0 aromatic heterocycles. The Labute approximate surface area is 123 Å². The van der Waals surface area contributed by atoms with E-state index >= 15 is 0 Å². The molecule has 0 heterocycles. The third kappa shape index (κ3) is 1.93. The van der Waals surface area contributed by atoms with Crippen LogP contribution in [0, 0.1) is 0 Å². The lowest BCUT2D eigenvalue weighted by Crippen LogP contribution is -2.06. The van der Waals surface area contributed by atoms with Gasteiger partial charge in [-0.2, -0.15) is 0 Å². The van der Waals surface area contributed by atoms with E-state index in [1.54, 1.807) is 0 Å². The number of hydrogen-bond donors (Lipinski definition) is 0. The first-order valence-electron chi connectivity index (χ1n) is 7.68. The Balaban J connectivity index is 1.89. The molecule has 0 bridgehead atoms. The lowest BCUT2D eigenvalue weighted by atomic mass is 9.92. The van der Waals surface area contributed by atoms with Crippen molar-refractivity contribution in [3.8, 4) is 11.1 Å². The van der Waals surface area contributed by atoms with Crippen molar-refractivity contribution in [2.45, 2.75) is 38.3 Å². The molecule has 1 nitrogen and oxygen atoms in total. The maximum atomic E-state index is 13.7. The molecule has 0 spiro atoms. The van der Waals surface area contributed by atoms with Crippen molar-refractivity contribution in [3.05, 3.63) is 53.1 Å². The molecule has 1 unspecified atom stereocenters. The predicted octanol–water partition coefficient (Wildman–Crippen LogP) is 5.04. The average molecular weight is 280 g/mol. The van der Waals surface area contributed by atoms with Crippen molar-refractivity contribution < 1.29 is 9.18 Å². The number of hydrogen-bond acceptors (Lipinski definition) is 1. The molecule has 0 aromatic carbocycles. The quantitative estimate of drug-likeness (QED) is 0.660. The molecule has 4 aliphatic carbocycles. The van der Waals surface area contributed by atoms with Crippen LogP contribution in [0.25, 0.3) is 16.7 Å². The Bertz CT molecular complexity index is 728. The average Bonchev–Trinajstić information content (AvgIpc) is 2.80. The first-order chi connectivity index (χ1) is 10.3. The van der Waals surface area contributed by atoms with Crippen molar-refractivity contribution in [2.24, 2.45) is 0 Å². The summed E-state index contributed by atoms with van der Waals surface area (Å²) in [5.41, 5.74) is 6.10. The van der Waals surface area contributed by atoms with Gasteiger partial charge in [-0.1, -0.05) is 30.3 Å². The van der Waals surface area contributed by atoms with Crippen molar-refractivity contribution in [2.75, 3.05) is 0 Å². The van der Waals surface area contributed by atoms with E-state index in [1.165, 1.54) is 0 Å². The summed E-state index contributed by atoms with van der Waals surface area (Å²) in [5.74, 6) is 0.179. The molecule has 0 aliphatic heterocycles. The molecule has 21 heavy (non-hydrogen) atoms. The second-order valence-electron chi connectivity index (χ2n) is 6.03. The molecule has 106 valence electrons. The monoisotopic (exact) mass is 280 g/mol. The number of ketones is 1. The molecule has 0 saturated carbocycles. The highest BCUT2D eigenvalue weighted by atomic mass is 19.1. The number of carbonyl (C=O) groups is 1. The van der Waals surface area contributed by atoms with Gasteiger partial charge in [0.05, 0.1) is 0 Å². The highest BCUT2D eigenvalue weighted by molar-refractivity contribution is 6.24. The Morgan fingerprint density at radius 3 is 2.71 bits per heavy atom. The Kier molecular flexibility index (Phi) is 2.91. The van der Waals surface area contributed by atoms with Gasteiger partial charge in [0.25, 0.3) is 0 Å². The summed E-state index contributed by atoms with van der Waals surface area (Å²) in [4.78, 5) is 12.8. The number of alkyl halides is 1. The molecular formula is C19H17FO. The van der Waals surface area contributed by atoms with Gasteiger partial charge in [-0.25, -0.2) is 4.39 Å². The topological polar surface area (TPSA) is 17.1 Å². The number of rotatable bonds is 0. The van der Waals surface area contributed by atoms with Gasteiger partial charge in [0.15, 0.2) is 5.78 Å². The van der Waals surface area contributed by atoms with E-state index in [0.29, 0.717) is 19.3 Å². The van der Waals surface area contributed by atoms with Crippen LogP contribution in [0.2, 0.25) is 0 Å². The summed E-state index contributed by atoms with van der Waals surface area (Å²) >= 11 is 0. The SMILES string of the molecule is O=C1C2=C(CCC(F)CCC2)c2cc3cccccc-3c21. The predicted molar refractivity (Wildman–Crippen MR) is 82.3 cm³/mol. The lowest BCUT2D eigenvalue weighted by molar-refractivity contribution is 0.103. The van der Waals surface area contributed by atoms with Gasteiger partial charge in [-0.05, 0) is 60.4 Å². The van der Waals surface area contributed by atoms with Crippen LogP contribution in [0.15, 0.2) is 42.0 Å². The molecule has 0 amide bonds. The molecule has 0 saturated heterocycles.